The zero-order chi connectivity index (χ0) is 9.99. The van der Waals surface area contributed by atoms with Gasteiger partial charge in [0, 0.05) is 0 Å². The molecular weight excluding hydrogens is 154 g/mol. The molecule has 72 valence electrons. The normalized spacial score (nSPS) is 12.8. The van der Waals surface area contributed by atoms with E-state index >= 15 is 0 Å². The summed E-state index contributed by atoms with van der Waals surface area (Å²) in [4.78, 5) is 11.3. The summed E-state index contributed by atoms with van der Waals surface area (Å²) in [6, 6.07) is 0. The molecule has 0 spiro atoms. The lowest BCUT2D eigenvalue weighted by Crippen LogP contribution is -2.39. The van der Waals surface area contributed by atoms with Crippen molar-refractivity contribution in [1.82, 2.24) is 0 Å². The molecule has 0 saturated carbocycles. The first kappa shape index (κ1) is 11.4. The molecule has 0 N–H and O–H groups in total. The molecule has 0 heterocycles. The minimum atomic E-state index is -0.394. The number of hydrogen-bond acceptors (Lipinski definition) is 2. The Kier molecular flexibility index (Phi) is 3.27. The van der Waals surface area contributed by atoms with Gasteiger partial charge in [-0.05, 0) is 20.8 Å². The van der Waals surface area contributed by atoms with Gasteiger partial charge in [-0.1, -0.05) is 0 Å². The van der Waals surface area contributed by atoms with Crippen LogP contribution >= 0.6 is 0 Å². The number of carbonyl (C=O) groups is 1. The van der Waals surface area contributed by atoms with Crippen LogP contribution in [-0.2, 0) is 9.53 Å². The Morgan fingerprint density at radius 1 is 1.25 bits per heavy atom. The van der Waals surface area contributed by atoms with Gasteiger partial charge in [-0.25, -0.2) is 0 Å². The zero-order valence-electron chi connectivity index (χ0n) is 8.97. The van der Waals surface area contributed by atoms with Crippen molar-refractivity contribution in [3.63, 3.8) is 0 Å². The van der Waals surface area contributed by atoms with Crippen LogP contribution in [0.2, 0.25) is 0 Å². The van der Waals surface area contributed by atoms with E-state index in [1.54, 1.807) is 0 Å². The summed E-state index contributed by atoms with van der Waals surface area (Å²) in [6.07, 6.45) is 0. The summed E-state index contributed by atoms with van der Waals surface area (Å²) < 4.78 is 5.74. The summed E-state index contributed by atoms with van der Waals surface area (Å²) in [6.45, 7) is 5.98. The molecule has 0 radical (unpaired) electrons. The Balaban J connectivity index is 3.90. The van der Waals surface area contributed by atoms with Crippen LogP contribution in [0.15, 0.2) is 0 Å². The van der Waals surface area contributed by atoms with Gasteiger partial charge in [-0.2, -0.15) is 0 Å². The largest absolute Gasteiger partial charge is 0.415 e. The summed E-state index contributed by atoms with van der Waals surface area (Å²) in [7, 11) is 5.95. The lowest BCUT2D eigenvalue weighted by molar-refractivity contribution is -0.888. The molecule has 3 heteroatoms. The van der Waals surface area contributed by atoms with Crippen LogP contribution in [0.25, 0.3) is 0 Å². The van der Waals surface area contributed by atoms with E-state index in [9.17, 15) is 4.79 Å². The number of esters is 1. The van der Waals surface area contributed by atoms with E-state index in [1.165, 1.54) is 0 Å². The van der Waals surface area contributed by atoms with Crippen molar-refractivity contribution in [1.29, 1.82) is 0 Å². The Hall–Kier alpha value is -0.570. The second-order valence-corrected chi connectivity index (χ2v) is 5.10. The quantitative estimate of drug-likeness (QED) is 0.358. The highest BCUT2D eigenvalue weighted by atomic mass is 16.5. The molecule has 0 bridgehead atoms. The molecule has 0 aliphatic rings. The van der Waals surface area contributed by atoms with Gasteiger partial charge in [0.1, 0.15) is 0 Å². The van der Waals surface area contributed by atoms with E-state index in [0.717, 1.165) is 0 Å². The first-order valence-corrected chi connectivity index (χ1v) is 4.10. The van der Waals surface area contributed by atoms with E-state index in [4.69, 9.17) is 4.74 Å². The number of rotatable bonds is 2. The highest BCUT2D eigenvalue weighted by Gasteiger charge is 2.24. The van der Waals surface area contributed by atoms with Crippen LogP contribution in [0.1, 0.15) is 20.8 Å². The van der Waals surface area contributed by atoms with Gasteiger partial charge >= 0.3 is 5.97 Å². The Labute approximate surface area is 74.9 Å². The average molecular weight is 174 g/mol. The minimum Gasteiger partial charge on any atom is -0.415 e. The topological polar surface area (TPSA) is 26.3 Å². The van der Waals surface area contributed by atoms with Crippen molar-refractivity contribution in [3.05, 3.63) is 0 Å². The van der Waals surface area contributed by atoms with Gasteiger partial charge in [0.05, 0.1) is 26.6 Å². The summed E-state index contributed by atoms with van der Waals surface area (Å²) in [5, 5.41) is 0. The van der Waals surface area contributed by atoms with Gasteiger partial charge in [-0.3, -0.25) is 9.28 Å². The van der Waals surface area contributed by atoms with Crippen molar-refractivity contribution in [2.24, 2.45) is 5.41 Å². The maximum Gasteiger partial charge on any atom is 0.315 e. The van der Waals surface area contributed by atoms with Crippen LogP contribution < -0.4 is 0 Å². The number of ether oxygens (including phenoxy) is 1. The number of nitrogens with zero attached hydrogens (tertiary/aromatic N) is 1. The molecule has 0 aromatic rings. The fourth-order valence-electron chi connectivity index (χ4n) is 0.469. The molecule has 0 rings (SSSR count). The van der Waals surface area contributed by atoms with Crippen molar-refractivity contribution in [2.45, 2.75) is 20.8 Å². The summed E-state index contributed by atoms with van der Waals surface area (Å²) >= 11 is 0. The third-order valence-corrected chi connectivity index (χ3v) is 1.20. The van der Waals surface area contributed by atoms with Crippen molar-refractivity contribution in [3.8, 4) is 0 Å². The molecular formula is C9H20NO2+. The number of quaternary nitrogens is 1. The maximum absolute atomic E-state index is 11.3. The molecule has 12 heavy (non-hydrogen) atoms. The third kappa shape index (κ3) is 5.13. The van der Waals surface area contributed by atoms with E-state index in [0.29, 0.717) is 11.2 Å². The molecule has 0 aromatic heterocycles. The monoisotopic (exact) mass is 174 g/mol. The second kappa shape index (κ2) is 3.44. The highest BCUT2D eigenvalue weighted by Crippen LogP contribution is 2.15. The van der Waals surface area contributed by atoms with Crippen LogP contribution in [0.5, 0.6) is 0 Å². The summed E-state index contributed by atoms with van der Waals surface area (Å²) in [5.74, 6) is -0.143. The molecule has 0 saturated heterocycles. The molecule has 0 unspecified atom stereocenters. The smallest absolute Gasteiger partial charge is 0.315 e. The van der Waals surface area contributed by atoms with Gasteiger partial charge in [0.15, 0.2) is 0 Å². The zero-order valence-corrected chi connectivity index (χ0v) is 8.97. The van der Waals surface area contributed by atoms with Crippen LogP contribution in [0.3, 0.4) is 0 Å². The van der Waals surface area contributed by atoms with Gasteiger partial charge in [0.25, 0.3) is 0 Å². The Bertz CT molecular complexity index is 162. The molecule has 0 amide bonds. The van der Waals surface area contributed by atoms with Crippen molar-refractivity contribution < 1.29 is 14.0 Å². The van der Waals surface area contributed by atoms with E-state index in [2.05, 4.69) is 0 Å². The van der Waals surface area contributed by atoms with Crippen molar-refractivity contribution >= 4 is 5.97 Å². The maximum atomic E-state index is 11.3. The molecule has 0 atom stereocenters. The van der Waals surface area contributed by atoms with E-state index in [-0.39, 0.29) is 5.97 Å². The fraction of sp³-hybridized carbons (Fsp3) is 0.889. The second-order valence-electron chi connectivity index (χ2n) is 5.10. The van der Waals surface area contributed by atoms with Gasteiger partial charge in [0.2, 0.25) is 6.73 Å². The summed E-state index contributed by atoms with van der Waals surface area (Å²) in [5.41, 5.74) is -0.394. The minimum absolute atomic E-state index is 0.143. The standard InChI is InChI=1S/C9H20NO2/c1-9(2,3)8(11)12-7-10(4,5)6/h7H2,1-6H3/q+1. The first-order chi connectivity index (χ1) is 5.13. The molecule has 0 fully saturated rings. The predicted molar refractivity (Wildman–Crippen MR) is 48.4 cm³/mol. The lowest BCUT2D eigenvalue weighted by Gasteiger charge is -2.25. The number of hydrogen-bond donors (Lipinski definition) is 0. The van der Waals surface area contributed by atoms with Gasteiger partial charge in [-0.15, -0.1) is 0 Å². The highest BCUT2D eigenvalue weighted by molar-refractivity contribution is 5.75. The third-order valence-electron chi connectivity index (χ3n) is 1.20. The van der Waals surface area contributed by atoms with Gasteiger partial charge < -0.3 is 4.74 Å². The van der Waals surface area contributed by atoms with E-state index < -0.39 is 5.41 Å². The Morgan fingerprint density at radius 3 is 1.92 bits per heavy atom. The van der Waals surface area contributed by atoms with Crippen molar-refractivity contribution in [2.75, 3.05) is 27.9 Å². The molecule has 0 aliphatic heterocycles. The molecule has 0 aliphatic carbocycles. The Morgan fingerprint density at radius 2 is 1.67 bits per heavy atom. The molecule has 3 nitrogen and oxygen atoms in total. The lowest BCUT2D eigenvalue weighted by atomic mass is 9.98. The first-order valence-electron chi connectivity index (χ1n) is 4.10. The molecule has 0 aromatic carbocycles. The van der Waals surface area contributed by atoms with Crippen LogP contribution in [-0.4, -0.2) is 38.3 Å². The average Bonchev–Trinajstić information content (AvgIpc) is 1.78. The SMILES string of the molecule is CC(C)(C)C(=O)OC[N+](C)(C)C. The van der Waals surface area contributed by atoms with Crippen LogP contribution in [0.4, 0.5) is 0 Å². The van der Waals surface area contributed by atoms with E-state index in [1.807, 2.05) is 41.9 Å². The van der Waals surface area contributed by atoms with Crippen LogP contribution in [0, 0.1) is 5.41 Å². The number of carbonyl (C=O) groups excluding carboxylic acids is 1. The fourth-order valence-corrected chi connectivity index (χ4v) is 0.469. The predicted octanol–water partition coefficient (Wildman–Crippen LogP) is 1.24.